The van der Waals surface area contributed by atoms with Gasteiger partial charge in [-0.1, -0.05) is 36.4 Å². The lowest BCUT2D eigenvalue weighted by Gasteiger charge is -2.30. The Morgan fingerprint density at radius 2 is 1.95 bits per heavy atom. The zero-order valence-electron chi connectivity index (χ0n) is 11.3. The third-order valence-corrected chi connectivity index (χ3v) is 5.53. The van der Waals surface area contributed by atoms with Gasteiger partial charge in [0.25, 0.3) is 0 Å². The Balaban J connectivity index is 2.14. The van der Waals surface area contributed by atoms with Crippen molar-refractivity contribution in [2.75, 3.05) is 19.8 Å². The van der Waals surface area contributed by atoms with Gasteiger partial charge in [-0.2, -0.15) is 9.57 Å². The summed E-state index contributed by atoms with van der Waals surface area (Å²) in [4.78, 5) is 0.239. The number of ether oxygens (including phenoxy) is 1. The molecule has 21 heavy (non-hydrogen) atoms. The summed E-state index contributed by atoms with van der Waals surface area (Å²) in [6.07, 6.45) is 0. The van der Waals surface area contributed by atoms with Crippen molar-refractivity contribution < 1.29 is 13.2 Å². The van der Waals surface area contributed by atoms with Crippen molar-refractivity contribution in [1.82, 2.24) is 4.31 Å². The highest BCUT2D eigenvalue weighted by molar-refractivity contribution is 7.89. The van der Waals surface area contributed by atoms with Crippen LogP contribution in [0.5, 0.6) is 0 Å². The first kappa shape index (κ1) is 14.0. The summed E-state index contributed by atoms with van der Waals surface area (Å²) < 4.78 is 32.2. The molecule has 1 atom stereocenters. The van der Waals surface area contributed by atoms with Gasteiger partial charge in [0.1, 0.15) is 6.04 Å². The number of rotatable bonds is 2. The molecule has 0 N–H and O–H groups in total. The van der Waals surface area contributed by atoms with Crippen LogP contribution in [0.3, 0.4) is 0 Å². The number of benzene rings is 2. The first-order chi connectivity index (χ1) is 10.1. The molecule has 1 aliphatic rings. The SMILES string of the molecule is N#C[C@@H]1COCCN1S(=O)(=O)c1cccc2ccccc12. The average Bonchev–Trinajstić information content (AvgIpc) is 2.54. The highest BCUT2D eigenvalue weighted by Gasteiger charge is 2.34. The van der Waals surface area contributed by atoms with E-state index in [1.54, 1.807) is 18.2 Å². The molecule has 0 saturated carbocycles. The molecule has 6 heteroatoms. The number of fused-ring (bicyclic) bond motifs is 1. The van der Waals surface area contributed by atoms with E-state index in [0.29, 0.717) is 12.0 Å². The van der Waals surface area contributed by atoms with E-state index < -0.39 is 16.1 Å². The Hall–Kier alpha value is -1.94. The molecule has 1 saturated heterocycles. The fourth-order valence-electron chi connectivity index (χ4n) is 2.52. The van der Waals surface area contributed by atoms with Gasteiger partial charge in [0.2, 0.25) is 10.0 Å². The van der Waals surface area contributed by atoms with E-state index in [1.807, 2.05) is 30.3 Å². The van der Waals surface area contributed by atoms with Crippen molar-refractivity contribution in [3.63, 3.8) is 0 Å². The quantitative estimate of drug-likeness (QED) is 0.847. The van der Waals surface area contributed by atoms with E-state index in [4.69, 9.17) is 10.00 Å². The summed E-state index contributed by atoms with van der Waals surface area (Å²) in [7, 11) is -3.72. The molecule has 2 aromatic carbocycles. The van der Waals surface area contributed by atoms with Gasteiger partial charge in [0.05, 0.1) is 24.2 Å². The van der Waals surface area contributed by atoms with Gasteiger partial charge in [-0.05, 0) is 11.5 Å². The van der Waals surface area contributed by atoms with Gasteiger partial charge in [-0.25, -0.2) is 8.42 Å². The molecule has 0 radical (unpaired) electrons. The van der Waals surface area contributed by atoms with Crippen molar-refractivity contribution in [2.24, 2.45) is 0 Å². The van der Waals surface area contributed by atoms with Crippen LogP contribution in [0.15, 0.2) is 47.4 Å². The first-order valence-corrected chi connectivity index (χ1v) is 8.05. The third kappa shape index (κ3) is 2.40. The highest BCUT2D eigenvalue weighted by Crippen LogP contribution is 2.27. The van der Waals surface area contributed by atoms with Crippen molar-refractivity contribution in [2.45, 2.75) is 10.9 Å². The van der Waals surface area contributed by atoms with Crippen LogP contribution in [0.25, 0.3) is 10.8 Å². The number of morpholine rings is 1. The predicted molar refractivity (Wildman–Crippen MR) is 78.1 cm³/mol. The lowest BCUT2D eigenvalue weighted by molar-refractivity contribution is 0.0512. The van der Waals surface area contributed by atoms with Crippen LogP contribution in [0.1, 0.15) is 0 Å². The topological polar surface area (TPSA) is 70.4 Å². The molecule has 0 spiro atoms. The van der Waals surface area contributed by atoms with Crippen molar-refractivity contribution >= 4 is 20.8 Å². The molecule has 0 unspecified atom stereocenters. The van der Waals surface area contributed by atoms with Crippen molar-refractivity contribution in [3.05, 3.63) is 42.5 Å². The molecule has 5 nitrogen and oxygen atoms in total. The minimum Gasteiger partial charge on any atom is -0.377 e. The molecule has 0 aromatic heterocycles. The highest BCUT2D eigenvalue weighted by atomic mass is 32.2. The monoisotopic (exact) mass is 302 g/mol. The minimum atomic E-state index is -3.72. The maximum atomic E-state index is 12.9. The average molecular weight is 302 g/mol. The van der Waals surface area contributed by atoms with Crippen LogP contribution in [0.2, 0.25) is 0 Å². The Kier molecular flexibility index (Phi) is 3.64. The van der Waals surface area contributed by atoms with Gasteiger partial charge in [0.15, 0.2) is 0 Å². The second-order valence-electron chi connectivity index (χ2n) is 4.81. The molecule has 2 aromatic rings. The maximum absolute atomic E-state index is 12.9. The van der Waals surface area contributed by atoms with Crippen molar-refractivity contribution in [3.8, 4) is 6.07 Å². The molecule has 0 aliphatic carbocycles. The molecule has 1 aliphatic heterocycles. The van der Waals surface area contributed by atoms with Gasteiger partial charge >= 0.3 is 0 Å². The first-order valence-electron chi connectivity index (χ1n) is 6.61. The van der Waals surface area contributed by atoms with Gasteiger partial charge in [-0.15, -0.1) is 0 Å². The van der Waals surface area contributed by atoms with Crippen LogP contribution >= 0.6 is 0 Å². The summed E-state index contributed by atoms with van der Waals surface area (Å²) in [5.74, 6) is 0. The molecule has 0 bridgehead atoms. The van der Waals surface area contributed by atoms with Gasteiger partial charge in [-0.3, -0.25) is 0 Å². The second kappa shape index (κ2) is 5.45. The van der Waals surface area contributed by atoms with Crippen LogP contribution in [0, 0.1) is 11.3 Å². The molecular formula is C15H14N2O3S. The summed E-state index contributed by atoms with van der Waals surface area (Å²) in [5.41, 5.74) is 0. The number of nitrogens with zero attached hydrogens (tertiary/aromatic N) is 2. The summed E-state index contributed by atoms with van der Waals surface area (Å²) in [6, 6.07) is 13.7. The normalized spacial score (nSPS) is 20.2. The Labute approximate surface area is 123 Å². The van der Waals surface area contributed by atoms with Crippen molar-refractivity contribution in [1.29, 1.82) is 5.26 Å². The van der Waals surface area contributed by atoms with Crippen LogP contribution in [0.4, 0.5) is 0 Å². The molecule has 108 valence electrons. The van der Waals surface area contributed by atoms with Gasteiger partial charge < -0.3 is 4.74 Å². The van der Waals surface area contributed by atoms with E-state index in [0.717, 1.165) is 5.39 Å². The number of sulfonamides is 1. The smallest absolute Gasteiger partial charge is 0.245 e. The molecule has 0 amide bonds. The van der Waals surface area contributed by atoms with E-state index in [2.05, 4.69) is 0 Å². The van der Waals surface area contributed by atoms with Crippen LogP contribution < -0.4 is 0 Å². The zero-order valence-corrected chi connectivity index (χ0v) is 12.1. The third-order valence-electron chi connectivity index (χ3n) is 3.56. The second-order valence-corrected chi connectivity index (χ2v) is 6.67. The predicted octanol–water partition coefficient (Wildman–Crippen LogP) is 1.75. The van der Waals surface area contributed by atoms with E-state index in [-0.39, 0.29) is 18.0 Å². The number of hydrogen-bond donors (Lipinski definition) is 0. The van der Waals surface area contributed by atoms with Crippen LogP contribution in [-0.2, 0) is 14.8 Å². The molecule has 1 fully saturated rings. The molecule has 1 heterocycles. The van der Waals surface area contributed by atoms with E-state index >= 15 is 0 Å². The Morgan fingerprint density at radius 1 is 1.19 bits per heavy atom. The number of nitriles is 1. The zero-order chi connectivity index (χ0) is 14.9. The maximum Gasteiger partial charge on any atom is 0.245 e. The number of hydrogen-bond acceptors (Lipinski definition) is 4. The minimum absolute atomic E-state index is 0.112. The molecule has 3 rings (SSSR count). The van der Waals surface area contributed by atoms with E-state index in [1.165, 1.54) is 4.31 Å². The summed E-state index contributed by atoms with van der Waals surface area (Å²) >= 11 is 0. The van der Waals surface area contributed by atoms with E-state index in [9.17, 15) is 8.42 Å². The Morgan fingerprint density at radius 3 is 2.76 bits per heavy atom. The summed E-state index contributed by atoms with van der Waals surface area (Å²) in [5, 5.41) is 10.7. The largest absolute Gasteiger partial charge is 0.377 e. The van der Waals surface area contributed by atoms with Gasteiger partial charge in [0, 0.05) is 11.9 Å². The Bertz CT molecular complexity index is 806. The molecular weight excluding hydrogens is 288 g/mol. The van der Waals surface area contributed by atoms with Crippen LogP contribution in [-0.4, -0.2) is 38.5 Å². The lowest BCUT2D eigenvalue weighted by atomic mass is 10.1. The fourth-order valence-corrected chi connectivity index (χ4v) is 4.25. The lowest BCUT2D eigenvalue weighted by Crippen LogP contribution is -2.47. The fraction of sp³-hybridized carbons (Fsp3) is 0.267. The standard InChI is InChI=1S/C15H14N2O3S/c16-10-13-11-20-9-8-17(13)21(18,19)15-7-3-5-12-4-1-2-6-14(12)15/h1-7,13H,8-9,11H2/t13-/m1/s1. The summed E-state index contributed by atoms with van der Waals surface area (Å²) in [6.45, 7) is 0.618.